The lowest BCUT2D eigenvalue weighted by Crippen LogP contribution is -2.15. The van der Waals surface area contributed by atoms with Gasteiger partial charge in [-0.15, -0.1) is 0 Å². The molecule has 0 heterocycles. The molecule has 0 saturated carbocycles. The van der Waals surface area contributed by atoms with E-state index in [4.69, 9.17) is 5.73 Å². The fourth-order valence-electron chi connectivity index (χ4n) is 1.64. The van der Waals surface area contributed by atoms with Gasteiger partial charge in [0.1, 0.15) is 0 Å². The highest BCUT2D eigenvalue weighted by Gasteiger charge is 2.13. The Kier molecular flexibility index (Phi) is 4.31. The van der Waals surface area contributed by atoms with Crippen molar-refractivity contribution in [1.29, 1.82) is 0 Å². The van der Waals surface area contributed by atoms with Crippen LogP contribution in [0.1, 0.15) is 5.56 Å². The standard InChI is InChI=1S/C13H13IN2O2S/c14-11-5-3-6-12(8-11)16-19(17,18)9-10-4-1-2-7-13(10)15/h1-8,16H,9,15H2. The van der Waals surface area contributed by atoms with Gasteiger partial charge in [-0.25, -0.2) is 8.42 Å². The van der Waals surface area contributed by atoms with E-state index in [-0.39, 0.29) is 5.75 Å². The zero-order chi connectivity index (χ0) is 13.9. The van der Waals surface area contributed by atoms with Gasteiger partial charge in [0.2, 0.25) is 10.0 Å². The number of nitrogens with one attached hydrogen (secondary N) is 1. The van der Waals surface area contributed by atoms with E-state index in [0.29, 0.717) is 16.9 Å². The summed E-state index contributed by atoms with van der Waals surface area (Å²) >= 11 is 2.13. The summed E-state index contributed by atoms with van der Waals surface area (Å²) in [4.78, 5) is 0. The third-order valence-corrected chi connectivity index (χ3v) is 4.41. The largest absolute Gasteiger partial charge is 0.398 e. The number of hydrogen-bond donors (Lipinski definition) is 2. The number of nitrogens with two attached hydrogens (primary N) is 1. The number of nitrogen functional groups attached to an aromatic ring is 1. The van der Waals surface area contributed by atoms with Gasteiger partial charge in [-0.2, -0.15) is 0 Å². The van der Waals surface area contributed by atoms with Gasteiger partial charge in [-0.05, 0) is 52.4 Å². The van der Waals surface area contributed by atoms with Gasteiger partial charge in [0.25, 0.3) is 0 Å². The average Bonchev–Trinajstić information content (AvgIpc) is 2.31. The molecule has 2 rings (SSSR count). The van der Waals surface area contributed by atoms with Crippen LogP contribution in [0.4, 0.5) is 11.4 Å². The maximum atomic E-state index is 12.1. The molecule has 0 bridgehead atoms. The minimum absolute atomic E-state index is 0.134. The minimum atomic E-state index is -3.46. The molecule has 0 aliphatic rings. The van der Waals surface area contributed by atoms with E-state index < -0.39 is 10.0 Å². The molecule has 0 fully saturated rings. The van der Waals surface area contributed by atoms with E-state index in [1.807, 2.05) is 6.07 Å². The zero-order valence-electron chi connectivity index (χ0n) is 10.0. The fraction of sp³-hybridized carbons (Fsp3) is 0.0769. The maximum absolute atomic E-state index is 12.1. The first-order chi connectivity index (χ1) is 8.96. The van der Waals surface area contributed by atoms with Gasteiger partial charge in [0.15, 0.2) is 0 Å². The Morgan fingerprint density at radius 2 is 1.84 bits per heavy atom. The summed E-state index contributed by atoms with van der Waals surface area (Å²) in [5.74, 6) is -0.134. The number of halogens is 1. The SMILES string of the molecule is Nc1ccccc1CS(=O)(=O)Nc1cccc(I)c1. The monoisotopic (exact) mass is 388 g/mol. The second kappa shape index (κ2) is 5.79. The van der Waals surface area contributed by atoms with E-state index >= 15 is 0 Å². The third-order valence-electron chi connectivity index (χ3n) is 2.50. The Morgan fingerprint density at radius 3 is 2.53 bits per heavy atom. The topological polar surface area (TPSA) is 72.2 Å². The molecule has 0 unspecified atom stereocenters. The van der Waals surface area contributed by atoms with Gasteiger partial charge >= 0.3 is 0 Å². The summed E-state index contributed by atoms with van der Waals surface area (Å²) in [6, 6.07) is 14.1. The third kappa shape index (κ3) is 4.10. The van der Waals surface area contributed by atoms with Gasteiger partial charge in [-0.3, -0.25) is 4.72 Å². The van der Waals surface area contributed by atoms with E-state index in [0.717, 1.165) is 3.57 Å². The van der Waals surface area contributed by atoms with Crippen molar-refractivity contribution in [3.05, 3.63) is 57.7 Å². The van der Waals surface area contributed by atoms with Crippen molar-refractivity contribution in [3.63, 3.8) is 0 Å². The van der Waals surface area contributed by atoms with Crippen LogP contribution < -0.4 is 10.5 Å². The van der Waals surface area contributed by atoms with Gasteiger partial charge in [-0.1, -0.05) is 24.3 Å². The van der Waals surface area contributed by atoms with Crippen LogP contribution >= 0.6 is 22.6 Å². The molecular weight excluding hydrogens is 375 g/mol. The molecule has 6 heteroatoms. The smallest absolute Gasteiger partial charge is 0.236 e. The molecule has 19 heavy (non-hydrogen) atoms. The normalized spacial score (nSPS) is 11.2. The molecule has 2 aromatic carbocycles. The lowest BCUT2D eigenvalue weighted by Gasteiger charge is -2.09. The van der Waals surface area contributed by atoms with Gasteiger partial charge in [0, 0.05) is 14.9 Å². The molecule has 0 amide bonds. The molecule has 100 valence electrons. The van der Waals surface area contributed by atoms with Crippen LogP contribution in [0.25, 0.3) is 0 Å². The van der Waals surface area contributed by atoms with Crippen LogP contribution in [-0.2, 0) is 15.8 Å². The van der Waals surface area contributed by atoms with E-state index in [1.165, 1.54) is 0 Å². The van der Waals surface area contributed by atoms with Crippen LogP contribution in [-0.4, -0.2) is 8.42 Å². The van der Waals surface area contributed by atoms with Crippen molar-refractivity contribution >= 4 is 44.0 Å². The van der Waals surface area contributed by atoms with Crippen molar-refractivity contribution in [1.82, 2.24) is 0 Å². The average molecular weight is 388 g/mol. The molecule has 0 aliphatic carbocycles. The highest BCUT2D eigenvalue weighted by Crippen LogP contribution is 2.18. The molecule has 3 N–H and O–H groups in total. The van der Waals surface area contributed by atoms with Crippen molar-refractivity contribution in [3.8, 4) is 0 Å². The first kappa shape index (κ1) is 14.1. The Balaban J connectivity index is 2.18. The predicted molar refractivity (Wildman–Crippen MR) is 86.3 cm³/mol. The first-order valence-electron chi connectivity index (χ1n) is 5.56. The number of hydrogen-bond acceptors (Lipinski definition) is 3. The summed E-state index contributed by atoms with van der Waals surface area (Å²) in [6.07, 6.45) is 0. The minimum Gasteiger partial charge on any atom is -0.398 e. The zero-order valence-corrected chi connectivity index (χ0v) is 13.0. The number of rotatable bonds is 4. The van der Waals surface area contributed by atoms with Crippen molar-refractivity contribution < 1.29 is 8.42 Å². The maximum Gasteiger partial charge on any atom is 0.236 e. The first-order valence-corrected chi connectivity index (χ1v) is 8.29. The van der Waals surface area contributed by atoms with E-state index in [2.05, 4.69) is 27.3 Å². The van der Waals surface area contributed by atoms with Crippen LogP contribution in [0.2, 0.25) is 0 Å². The van der Waals surface area contributed by atoms with Gasteiger partial charge in [0.05, 0.1) is 5.75 Å². The van der Waals surface area contributed by atoms with E-state index in [1.54, 1.807) is 42.5 Å². The Hall–Kier alpha value is -1.28. The lowest BCUT2D eigenvalue weighted by atomic mass is 10.2. The quantitative estimate of drug-likeness (QED) is 0.625. The molecule has 4 nitrogen and oxygen atoms in total. The fourth-order valence-corrected chi connectivity index (χ4v) is 3.41. The Morgan fingerprint density at radius 1 is 1.11 bits per heavy atom. The highest BCUT2D eigenvalue weighted by molar-refractivity contribution is 14.1. The molecule has 0 spiro atoms. The molecule has 0 radical (unpaired) electrons. The highest BCUT2D eigenvalue weighted by atomic mass is 127. The van der Waals surface area contributed by atoms with E-state index in [9.17, 15) is 8.42 Å². The van der Waals surface area contributed by atoms with Crippen LogP contribution in [0.15, 0.2) is 48.5 Å². The van der Waals surface area contributed by atoms with Crippen LogP contribution in [0, 0.1) is 3.57 Å². The predicted octanol–water partition coefficient (Wildman–Crippen LogP) is 2.82. The lowest BCUT2D eigenvalue weighted by molar-refractivity contribution is 0.600. The van der Waals surface area contributed by atoms with Crippen molar-refractivity contribution in [2.24, 2.45) is 0 Å². The number of para-hydroxylation sites is 1. The number of benzene rings is 2. The summed E-state index contributed by atoms with van der Waals surface area (Å²) < 4.78 is 27.6. The molecule has 2 aromatic rings. The van der Waals surface area contributed by atoms with Crippen LogP contribution in [0.3, 0.4) is 0 Å². The summed E-state index contributed by atoms with van der Waals surface area (Å²) in [7, 11) is -3.46. The molecule has 0 aromatic heterocycles. The molecule has 0 atom stereocenters. The molecule has 0 aliphatic heterocycles. The second-order valence-electron chi connectivity index (χ2n) is 4.07. The number of sulfonamides is 1. The number of anilines is 2. The van der Waals surface area contributed by atoms with Crippen LogP contribution in [0.5, 0.6) is 0 Å². The molecule has 0 saturated heterocycles. The Labute approximate surface area is 126 Å². The summed E-state index contributed by atoms with van der Waals surface area (Å²) in [5.41, 5.74) is 7.39. The summed E-state index contributed by atoms with van der Waals surface area (Å²) in [6.45, 7) is 0. The second-order valence-corrected chi connectivity index (χ2v) is 7.04. The van der Waals surface area contributed by atoms with Gasteiger partial charge < -0.3 is 5.73 Å². The molecular formula is C13H13IN2O2S. The summed E-state index contributed by atoms with van der Waals surface area (Å²) in [5, 5.41) is 0. The Bertz CT molecular complexity index is 687. The van der Waals surface area contributed by atoms with Crippen molar-refractivity contribution in [2.75, 3.05) is 10.5 Å². The van der Waals surface area contributed by atoms with Crippen molar-refractivity contribution in [2.45, 2.75) is 5.75 Å².